The average molecular weight is 250 g/mol. The van der Waals surface area contributed by atoms with Crippen LogP contribution in [-0.4, -0.2) is 33.5 Å². The zero-order valence-electron chi connectivity index (χ0n) is 11.1. The van der Waals surface area contributed by atoms with Crippen LogP contribution < -0.4 is 5.32 Å². The number of ether oxygens (including phenoxy) is 1. The summed E-state index contributed by atoms with van der Waals surface area (Å²) in [6.07, 6.45) is 5.89. The monoisotopic (exact) mass is 250 g/mol. The lowest BCUT2D eigenvalue weighted by Gasteiger charge is -2.34. The lowest BCUT2D eigenvalue weighted by molar-refractivity contribution is 0.0273. The molecular weight excluding hydrogens is 228 g/mol. The maximum absolute atomic E-state index is 5.56. The van der Waals surface area contributed by atoms with Gasteiger partial charge in [0, 0.05) is 25.1 Å². The van der Waals surface area contributed by atoms with Crippen molar-refractivity contribution in [3.05, 3.63) is 11.6 Å². The van der Waals surface area contributed by atoms with Crippen molar-refractivity contribution in [1.82, 2.24) is 20.1 Å². The molecule has 1 atom stereocenters. The minimum Gasteiger partial charge on any atom is -0.380 e. The number of fused-ring (bicyclic) bond motifs is 1. The van der Waals surface area contributed by atoms with E-state index in [1.165, 1.54) is 19.3 Å². The smallest absolute Gasteiger partial charge is 0.147 e. The van der Waals surface area contributed by atoms with E-state index in [0.29, 0.717) is 0 Å². The minimum atomic E-state index is 0.0965. The van der Waals surface area contributed by atoms with Crippen molar-refractivity contribution < 1.29 is 4.74 Å². The Hall–Kier alpha value is -0.940. The molecule has 1 aromatic heterocycles. The topological polar surface area (TPSA) is 52.0 Å². The van der Waals surface area contributed by atoms with Gasteiger partial charge in [-0.15, -0.1) is 10.2 Å². The third-order valence-corrected chi connectivity index (χ3v) is 4.05. The van der Waals surface area contributed by atoms with E-state index in [4.69, 9.17) is 4.74 Å². The summed E-state index contributed by atoms with van der Waals surface area (Å²) >= 11 is 0. The Kier molecular flexibility index (Phi) is 3.35. The lowest BCUT2D eigenvalue weighted by Crippen LogP contribution is -2.48. The molecule has 0 bridgehead atoms. The van der Waals surface area contributed by atoms with Crippen LogP contribution in [0.2, 0.25) is 0 Å². The van der Waals surface area contributed by atoms with E-state index in [1.54, 1.807) is 0 Å². The molecule has 5 nitrogen and oxygen atoms in total. The van der Waals surface area contributed by atoms with Gasteiger partial charge in [-0.3, -0.25) is 0 Å². The van der Waals surface area contributed by atoms with Gasteiger partial charge in [0.2, 0.25) is 0 Å². The maximum Gasteiger partial charge on any atom is 0.147 e. The number of nitrogens with one attached hydrogen (secondary N) is 1. The lowest BCUT2D eigenvalue weighted by atomic mass is 9.95. The second kappa shape index (κ2) is 4.97. The van der Waals surface area contributed by atoms with Crippen molar-refractivity contribution in [2.75, 3.05) is 13.2 Å². The third kappa shape index (κ3) is 2.42. The summed E-state index contributed by atoms with van der Waals surface area (Å²) in [6, 6.07) is 0. The van der Waals surface area contributed by atoms with Crippen molar-refractivity contribution >= 4 is 0 Å². The molecule has 1 unspecified atom stereocenters. The van der Waals surface area contributed by atoms with Crippen LogP contribution in [0.15, 0.2) is 0 Å². The van der Waals surface area contributed by atoms with Crippen LogP contribution in [0.1, 0.15) is 44.3 Å². The summed E-state index contributed by atoms with van der Waals surface area (Å²) in [5.74, 6) is 2.24. The van der Waals surface area contributed by atoms with Crippen molar-refractivity contribution in [2.24, 2.45) is 0 Å². The maximum atomic E-state index is 5.56. The highest BCUT2D eigenvalue weighted by atomic mass is 16.5. The normalized spacial score (nSPS) is 28.1. The van der Waals surface area contributed by atoms with E-state index in [9.17, 15) is 0 Å². The predicted octanol–water partition coefficient (Wildman–Crippen LogP) is 1.27. The highest BCUT2D eigenvalue weighted by Crippen LogP contribution is 2.19. The number of aromatic nitrogens is 3. The summed E-state index contributed by atoms with van der Waals surface area (Å²) in [7, 11) is 0. The molecule has 1 fully saturated rings. The SMILES string of the molecule is CC1(NCc2nnc3n2CCCC3)CCCOC1. The molecular formula is C13H22N4O. The molecule has 0 aliphatic carbocycles. The second-order valence-electron chi connectivity index (χ2n) is 5.71. The zero-order valence-corrected chi connectivity index (χ0v) is 11.1. The summed E-state index contributed by atoms with van der Waals surface area (Å²) in [4.78, 5) is 0. The Bertz CT molecular complexity index is 409. The largest absolute Gasteiger partial charge is 0.380 e. The van der Waals surface area contributed by atoms with Crippen LogP contribution in [0, 0.1) is 0 Å². The van der Waals surface area contributed by atoms with Gasteiger partial charge in [0.05, 0.1) is 13.2 Å². The number of hydrogen-bond acceptors (Lipinski definition) is 4. The van der Waals surface area contributed by atoms with Gasteiger partial charge in [-0.25, -0.2) is 0 Å². The van der Waals surface area contributed by atoms with Gasteiger partial charge in [-0.2, -0.15) is 0 Å². The summed E-state index contributed by atoms with van der Waals surface area (Å²) in [5.41, 5.74) is 0.0965. The van der Waals surface area contributed by atoms with Crippen molar-refractivity contribution in [1.29, 1.82) is 0 Å². The Morgan fingerprint density at radius 2 is 2.28 bits per heavy atom. The molecule has 0 amide bonds. The first-order valence-corrected chi connectivity index (χ1v) is 7.01. The summed E-state index contributed by atoms with van der Waals surface area (Å²) in [6.45, 7) is 5.81. The number of aryl methyl sites for hydroxylation is 1. The van der Waals surface area contributed by atoms with Crippen LogP contribution >= 0.6 is 0 Å². The molecule has 2 aliphatic rings. The molecule has 3 heterocycles. The van der Waals surface area contributed by atoms with E-state index in [0.717, 1.165) is 50.8 Å². The fourth-order valence-electron chi connectivity index (χ4n) is 2.87. The van der Waals surface area contributed by atoms with Gasteiger partial charge in [0.1, 0.15) is 11.6 Å². The Morgan fingerprint density at radius 3 is 3.11 bits per heavy atom. The molecule has 0 aromatic carbocycles. The number of rotatable bonds is 3. The van der Waals surface area contributed by atoms with Crippen LogP contribution in [0.4, 0.5) is 0 Å². The molecule has 3 rings (SSSR count). The summed E-state index contributed by atoms with van der Waals surface area (Å²) < 4.78 is 7.84. The van der Waals surface area contributed by atoms with Gasteiger partial charge >= 0.3 is 0 Å². The first-order valence-electron chi connectivity index (χ1n) is 7.01. The van der Waals surface area contributed by atoms with Crippen molar-refractivity contribution in [3.8, 4) is 0 Å². The Balaban J connectivity index is 1.64. The highest BCUT2D eigenvalue weighted by molar-refractivity contribution is 5.00. The highest BCUT2D eigenvalue weighted by Gasteiger charge is 2.27. The first kappa shape index (κ1) is 12.1. The molecule has 1 aromatic rings. The average Bonchev–Trinajstić information content (AvgIpc) is 2.81. The van der Waals surface area contributed by atoms with Crippen LogP contribution in [0.5, 0.6) is 0 Å². The van der Waals surface area contributed by atoms with Crippen molar-refractivity contribution in [3.63, 3.8) is 0 Å². The molecule has 5 heteroatoms. The molecule has 2 aliphatic heterocycles. The minimum absolute atomic E-state index is 0.0965. The van der Waals surface area contributed by atoms with Gasteiger partial charge in [-0.1, -0.05) is 0 Å². The molecule has 18 heavy (non-hydrogen) atoms. The van der Waals surface area contributed by atoms with E-state index < -0.39 is 0 Å². The number of hydrogen-bond donors (Lipinski definition) is 1. The van der Waals surface area contributed by atoms with Crippen LogP contribution in [0.3, 0.4) is 0 Å². The van der Waals surface area contributed by atoms with Gasteiger partial charge in [0.25, 0.3) is 0 Å². The van der Waals surface area contributed by atoms with E-state index in [-0.39, 0.29) is 5.54 Å². The van der Waals surface area contributed by atoms with Gasteiger partial charge in [-0.05, 0) is 32.6 Å². The fourth-order valence-corrected chi connectivity index (χ4v) is 2.87. The number of nitrogens with zero attached hydrogens (tertiary/aromatic N) is 3. The molecule has 0 saturated carbocycles. The Morgan fingerprint density at radius 1 is 1.33 bits per heavy atom. The molecule has 1 saturated heterocycles. The van der Waals surface area contributed by atoms with Gasteiger partial charge in [0.15, 0.2) is 0 Å². The standard InChI is InChI=1S/C13H22N4O/c1-13(6-4-8-18-10-13)14-9-12-16-15-11-5-2-3-7-17(11)12/h14H,2-10H2,1H3. The van der Waals surface area contributed by atoms with Crippen molar-refractivity contribution in [2.45, 2.75) is 57.7 Å². The van der Waals surface area contributed by atoms with Crippen LogP contribution in [-0.2, 0) is 24.2 Å². The molecule has 0 radical (unpaired) electrons. The predicted molar refractivity (Wildman–Crippen MR) is 68.3 cm³/mol. The van der Waals surface area contributed by atoms with Crippen LogP contribution in [0.25, 0.3) is 0 Å². The third-order valence-electron chi connectivity index (χ3n) is 4.05. The Labute approximate surface area is 108 Å². The second-order valence-corrected chi connectivity index (χ2v) is 5.71. The molecule has 0 spiro atoms. The molecule has 1 N–H and O–H groups in total. The van der Waals surface area contributed by atoms with E-state index >= 15 is 0 Å². The van der Waals surface area contributed by atoms with E-state index in [2.05, 4.69) is 27.0 Å². The van der Waals surface area contributed by atoms with Gasteiger partial charge < -0.3 is 14.6 Å². The fraction of sp³-hybridized carbons (Fsp3) is 0.846. The quantitative estimate of drug-likeness (QED) is 0.878. The first-order chi connectivity index (χ1) is 8.77. The molecule has 100 valence electrons. The van der Waals surface area contributed by atoms with E-state index in [1.807, 2.05) is 0 Å². The zero-order chi connectivity index (χ0) is 12.4. The summed E-state index contributed by atoms with van der Waals surface area (Å²) in [5, 5.41) is 12.2.